The number of ether oxygens (including phenoxy) is 2. The van der Waals surface area contributed by atoms with E-state index in [0.717, 1.165) is 12.0 Å². The van der Waals surface area contributed by atoms with Gasteiger partial charge in [-0.3, -0.25) is 0 Å². The maximum Gasteiger partial charge on any atom is 0.157 e. The lowest BCUT2D eigenvalue weighted by atomic mass is 10.1. The fraction of sp³-hybridized carbons (Fsp3) is 0.778. The molecule has 0 aliphatic carbocycles. The fourth-order valence-corrected chi connectivity index (χ4v) is 1.11. The van der Waals surface area contributed by atoms with E-state index in [2.05, 4.69) is 6.58 Å². The summed E-state index contributed by atoms with van der Waals surface area (Å²) < 4.78 is 10.4. The largest absolute Gasteiger partial charge is 0.389 e. The summed E-state index contributed by atoms with van der Waals surface area (Å²) in [6, 6.07) is 0. The molecule has 1 atom stereocenters. The second-order valence-electron chi connectivity index (χ2n) is 3.11. The van der Waals surface area contributed by atoms with E-state index < -0.39 is 6.10 Å². The molecule has 0 bridgehead atoms. The lowest BCUT2D eigenvalue weighted by Crippen LogP contribution is -2.14. The van der Waals surface area contributed by atoms with Gasteiger partial charge in [0.05, 0.1) is 19.3 Å². The summed E-state index contributed by atoms with van der Waals surface area (Å²) >= 11 is 0. The molecule has 3 heteroatoms. The normalized spacial score (nSPS) is 21.2. The molecule has 1 heterocycles. The van der Waals surface area contributed by atoms with Crippen molar-refractivity contribution in [2.24, 2.45) is 0 Å². The van der Waals surface area contributed by atoms with Crippen molar-refractivity contribution in [3.8, 4) is 0 Å². The first-order valence-electron chi connectivity index (χ1n) is 4.27. The lowest BCUT2D eigenvalue weighted by molar-refractivity contribution is -0.0524. The molecule has 1 unspecified atom stereocenters. The van der Waals surface area contributed by atoms with Crippen molar-refractivity contribution in [2.45, 2.75) is 32.2 Å². The molecule has 1 N–H and O–H groups in total. The summed E-state index contributed by atoms with van der Waals surface area (Å²) in [5, 5.41) is 9.38. The van der Waals surface area contributed by atoms with E-state index in [9.17, 15) is 5.11 Å². The van der Waals surface area contributed by atoms with Crippen molar-refractivity contribution in [3.63, 3.8) is 0 Å². The zero-order valence-electron chi connectivity index (χ0n) is 7.45. The molecular weight excluding hydrogens is 156 g/mol. The molecule has 12 heavy (non-hydrogen) atoms. The van der Waals surface area contributed by atoms with Gasteiger partial charge in [-0.05, 0) is 13.3 Å². The third-order valence-corrected chi connectivity index (χ3v) is 1.94. The zero-order valence-corrected chi connectivity index (χ0v) is 7.45. The zero-order chi connectivity index (χ0) is 8.97. The third-order valence-electron chi connectivity index (χ3n) is 1.94. The van der Waals surface area contributed by atoms with Gasteiger partial charge in [0, 0.05) is 6.42 Å². The molecule has 1 rings (SSSR count). The Bertz CT molecular complexity index is 150. The van der Waals surface area contributed by atoms with Crippen LogP contribution in [-0.4, -0.2) is 30.7 Å². The first-order chi connectivity index (χ1) is 5.70. The molecular formula is C9H16O3. The van der Waals surface area contributed by atoms with Gasteiger partial charge >= 0.3 is 0 Å². The molecule has 1 aliphatic rings. The van der Waals surface area contributed by atoms with Crippen molar-refractivity contribution in [3.05, 3.63) is 12.2 Å². The Morgan fingerprint density at radius 3 is 2.67 bits per heavy atom. The van der Waals surface area contributed by atoms with Gasteiger partial charge in [0.1, 0.15) is 0 Å². The number of aliphatic hydroxyl groups is 1. The Balaban J connectivity index is 2.11. The van der Waals surface area contributed by atoms with Gasteiger partial charge in [-0.1, -0.05) is 12.2 Å². The SMILES string of the molecule is C=C(C)C(O)CCC1OCCO1. The number of rotatable bonds is 4. The van der Waals surface area contributed by atoms with Crippen LogP contribution in [0.15, 0.2) is 12.2 Å². The number of aliphatic hydroxyl groups excluding tert-OH is 1. The molecule has 3 nitrogen and oxygen atoms in total. The van der Waals surface area contributed by atoms with Crippen LogP contribution in [0.3, 0.4) is 0 Å². The standard InChI is InChI=1S/C9H16O3/c1-7(2)8(10)3-4-9-11-5-6-12-9/h8-10H,1,3-6H2,2H3. The van der Waals surface area contributed by atoms with E-state index in [1.807, 2.05) is 6.92 Å². The van der Waals surface area contributed by atoms with Crippen molar-refractivity contribution >= 4 is 0 Å². The quantitative estimate of drug-likeness (QED) is 0.645. The molecule has 0 saturated carbocycles. The predicted octanol–water partition coefficient (Wildman–Crippen LogP) is 1.08. The van der Waals surface area contributed by atoms with Crippen molar-refractivity contribution < 1.29 is 14.6 Å². The van der Waals surface area contributed by atoms with Gasteiger partial charge in [-0.2, -0.15) is 0 Å². The topological polar surface area (TPSA) is 38.7 Å². The first kappa shape index (κ1) is 9.71. The fourth-order valence-electron chi connectivity index (χ4n) is 1.11. The Hall–Kier alpha value is -0.380. The van der Waals surface area contributed by atoms with Crippen LogP contribution in [0.25, 0.3) is 0 Å². The molecule has 0 aromatic rings. The van der Waals surface area contributed by atoms with Gasteiger partial charge < -0.3 is 14.6 Å². The van der Waals surface area contributed by atoms with Crippen molar-refractivity contribution in [2.75, 3.05) is 13.2 Å². The van der Waals surface area contributed by atoms with Crippen LogP contribution >= 0.6 is 0 Å². The minimum atomic E-state index is -0.419. The highest BCUT2D eigenvalue weighted by molar-refractivity contribution is 4.96. The van der Waals surface area contributed by atoms with Crippen LogP contribution < -0.4 is 0 Å². The van der Waals surface area contributed by atoms with Crippen molar-refractivity contribution in [1.82, 2.24) is 0 Å². The van der Waals surface area contributed by atoms with Crippen molar-refractivity contribution in [1.29, 1.82) is 0 Å². The summed E-state index contributed by atoms with van der Waals surface area (Å²) in [6.07, 6.45) is 0.880. The van der Waals surface area contributed by atoms with Crippen LogP contribution in [0, 0.1) is 0 Å². The molecule has 0 aromatic heterocycles. The predicted molar refractivity (Wildman–Crippen MR) is 45.7 cm³/mol. The highest BCUT2D eigenvalue weighted by Gasteiger charge is 2.17. The average molecular weight is 172 g/mol. The summed E-state index contributed by atoms with van der Waals surface area (Å²) in [6.45, 7) is 6.84. The Labute approximate surface area is 73.0 Å². The van der Waals surface area contributed by atoms with Gasteiger partial charge in [0.25, 0.3) is 0 Å². The highest BCUT2D eigenvalue weighted by atomic mass is 16.7. The Morgan fingerprint density at radius 2 is 2.17 bits per heavy atom. The maximum atomic E-state index is 9.38. The molecule has 0 amide bonds. The molecule has 1 saturated heterocycles. The minimum absolute atomic E-state index is 0.112. The number of hydrogen-bond donors (Lipinski definition) is 1. The second-order valence-corrected chi connectivity index (χ2v) is 3.11. The van der Waals surface area contributed by atoms with E-state index in [0.29, 0.717) is 19.6 Å². The molecule has 1 aliphatic heterocycles. The Morgan fingerprint density at radius 1 is 1.58 bits per heavy atom. The van der Waals surface area contributed by atoms with Crippen LogP contribution in [0.4, 0.5) is 0 Å². The monoisotopic (exact) mass is 172 g/mol. The van der Waals surface area contributed by atoms with E-state index in [1.54, 1.807) is 0 Å². The van der Waals surface area contributed by atoms with E-state index in [1.165, 1.54) is 0 Å². The van der Waals surface area contributed by atoms with Crippen LogP contribution in [0.1, 0.15) is 19.8 Å². The number of hydrogen-bond acceptors (Lipinski definition) is 3. The van der Waals surface area contributed by atoms with Crippen LogP contribution in [0.2, 0.25) is 0 Å². The van der Waals surface area contributed by atoms with Crippen LogP contribution in [0.5, 0.6) is 0 Å². The van der Waals surface area contributed by atoms with Gasteiger partial charge in [-0.25, -0.2) is 0 Å². The molecule has 0 radical (unpaired) electrons. The molecule has 0 spiro atoms. The summed E-state index contributed by atoms with van der Waals surface area (Å²) in [5.41, 5.74) is 0.799. The Kier molecular flexibility index (Phi) is 3.72. The average Bonchev–Trinajstić information content (AvgIpc) is 2.51. The summed E-state index contributed by atoms with van der Waals surface area (Å²) in [4.78, 5) is 0. The van der Waals surface area contributed by atoms with Gasteiger partial charge in [-0.15, -0.1) is 0 Å². The minimum Gasteiger partial charge on any atom is -0.389 e. The summed E-state index contributed by atoms with van der Waals surface area (Å²) in [5.74, 6) is 0. The smallest absolute Gasteiger partial charge is 0.157 e. The molecule has 0 aromatic carbocycles. The third kappa shape index (κ3) is 2.93. The van der Waals surface area contributed by atoms with Crippen LogP contribution in [-0.2, 0) is 9.47 Å². The van der Waals surface area contributed by atoms with E-state index in [4.69, 9.17) is 9.47 Å². The maximum absolute atomic E-state index is 9.38. The molecule has 70 valence electrons. The second kappa shape index (κ2) is 4.60. The first-order valence-corrected chi connectivity index (χ1v) is 4.27. The van der Waals surface area contributed by atoms with Gasteiger partial charge in [0.2, 0.25) is 0 Å². The molecule has 1 fully saturated rings. The van der Waals surface area contributed by atoms with E-state index >= 15 is 0 Å². The van der Waals surface area contributed by atoms with Gasteiger partial charge in [0.15, 0.2) is 6.29 Å². The summed E-state index contributed by atoms with van der Waals surface area (Å²) in [7, 11) is 0. The highest BCUT2D eigenvalue weighted by Crippen LogP contribution is 2.14. The lowest BCUT2D eigenvalue weighted by Gasteiger charge is -2.12. The van der Waals surface area contributed by atoms with E-state index in [-0.39, 0.29) is 6.29 Å².